The van der Waals surface area contributed by atoms with Crippen molar-refractivity contribution in [3.8, 4) is 0 Å². The minimum absolute atomic E-state index is 0.0388. The fourth-order valence-electron chi connectivity index (χ4n) is 3.72. The van der Waals surface area contributed by atoms with Gasteiger partial charge in [0, 0.05) is 28.9 Å². The lowest BCUT2D eigenvalue weighted by atomic mass is 10.0. The van der Waals surface area contributed by atoms with Gasteiger partial charge < -0.3 is 10.6 Å². The van der Waals surface area contributed by atoms with Crippen LogP contribution in [0.3, 0.4) is 0 Å². The lowest BCUT2D eigenvalue weighted by Crippen LogP contribution is -2.35. The first-order valence-electron chi connectivity index (χ1n) is 9.29. The summed E-state index contributed by atoms with van der Waals surface area (Å²) in [5.74, 6) is 0. The molecule has 1 aliphatic heterocycles. The molecule has 1 aliphatic rings. The quantitative estimate of drug-likeness (QED) is 0.608. The number of anilines is 1. The Balaban J connectivity index is 1.88. The van der Waals surface area contributed by atoms with Crippen LogP contribution in [0.2, 0.25) is 5.02 Å². The Kier molecular flexibility index (Phi) is 5.50. The number of nitrogens with zero attached hydrogens (tertiary/aromatic N) is 1. The molecule has 0 radical (unpaired) electrons. The summed E-state index contributed by atoms with van der Waals surface area (Å²) in [5, 5.41) is 6.84. The fraction of sp³-hybridized carbons (Fsp3) is 0.300. The van der Waals surface area contributed by atoms with E-state index >= 15 is 0 Å². The predicted octanol–water partition coefficient (Wildman–Crippen LogP) is 4.63. The van der Waals surface area contributed by atoms with E-state index in [1.165, 1.54) is 18.2 Å². The van der Waals surface area contributed by atoms with Crippen LogP contribution < -0.4 is 10.6 Å². The number of halogens is 3. The molecule has 0 bridgehead atoms. The topological polar surface area (TPSA) is 63.1 Å². The number of piperidine rings is 1. The van der Waals surface area contributed by atoms with E-state index in [1.807, 2.05) is 0 Å². The molecule has 2 heterocycles. The molecule has 2 aromatic carbocycles. The lowest BCUT2D eigenvalue weighted by molar-refractivity contribution is 0.153. The first-order valence-corrected chi connectivity index (χ1v) is 11.1. The van der Waals surface area contributed by atoms with E-state index in [2.05, 4.69) is 10.6 Å². The molecule has 2 N–H and O–H groups in total. The highest BCUT2D eigenvalue weighted by Crippen LogP contribution is 2.38. The molecule has 5 nitrogen and oxygen atoms in total. The first kappa shape index (κ1) is 20.1. The van der Waals surface area contributed by atoms with Crippen molar-refractivity contribution in [1.82, 2.24) is 9.29 Å². The second-order valence-electron chi connectivity index (χ2n) is 6.98. The van der Waals surface area contributed by atoms with Crippen LogP contribution in [0.5, 0.6) is 0 Å². The molecule has 29 heavy (non-hydrogen) atoms. The van der Waals surface area contributed by atoms with Crippen LogP contribution in [-0.2, 0) is 10.0 Å². The summed E-state index contributed by atoms with van der Waals surface area (Å²) >= 11 is 6.08. The van der Waals surface area contributed by atoms with E-state index in [0.717, 1.165) is 36.1 Å². The minimum Gasteiger partial charge on any atom is -0.382 e. The third kappa shape index (κ3) is 3.72. The standard InChI is InChI=1S/C20H20ClF2N3O2S/c21-15-4-1-2-7-18(15)29(27,28)26-12-14(20(22)23)19-16(5-3-6-17(19)26)25-13-8-10-24-11-9-13/h1-7,12-13,20,24-25H,8-11H2. The molecular formula is C20H20ClF2N3O2S. The molecule has 1 saturated heterocycles. The van der Waals surface area contributed by atoms with Crippen LogP contribution in [0.15, 0.2) is 53.6 Å². The Morgan fingerprint density at radius 1 is 1.10 bits per heavy atom. The molecule has 0 aliphatic carbocycles. The molecule has 154 valence electrons. The molecule has 0 amide bonds. The Morgan fingerprint density at radius 3 is 2.52 bits per heavy atom. The molecule has 3 aromatic rings. The molecule has 9 heteroatoms. The first-order chi connectivity index (χ1) is 13.9. The van der Waals surface area contributed by atoms with E-state index < -0.39 is 16.4 Å². The number of alkyl halides is 2. The minimum atomic E-state index is -4.15. The molecule has 0 spiro atoms. The molecule has 1 fully saturated rings. The molecule has 4 rings (SSSR count). The average molecular weight is 440 g/mol. The second kappa shape index (κ2) is 7.93. The predicted molar refractivity (Wildman–Crippen MR) is 110 cm³/mol. The molecular weight excluding hydrogens is 420 g/mol. The van der Waals surface area contributed by atoms with E-state index in [-0.39, 0.29) is 32.4 Å². The van der Waals surface area contributed by atoms with Gasteiger partial charge in [0.15, 0.2) is 0 Å². The third-order valence-corrected chi connectivity index (χ3v) is 7.31. The van der Waals surface area contributed by atoms with Crippen LogP contribution in [0, 0.1) is 0 Å². The Hall–Kier alpha value is -2.16. The summed E-state index contributed by atoms with van der Waals surface area (Å²) in [5.41, 5.74) is 0.379. The van der Waals surface area contributed by atoms with Crippen molar-refractivity contribution in [2.24, 2.45) is 0 Å². The number of hydrogen-bond acceptors (Lipinski definition) is 4. The zero-order valence-corrected chi connectivity index (χ0v) is 17.0. The maximum absolute atomic E-state index is 13.9. The smallest absolute Gasteiger partial charge is 0.269 e. The van der Waals surface area contributed by atoms with E-state index in [4.69, 9.17) is 11.6 Å². The summed E-state index contributed by atoms with van der Waals surface area (Å²) < 4.78 is 55.1. The van der Waals surface area contributed by atoms with E-state index in [9.17, 15) is 17.2 Å². The van der Waals surface area contributed by atoms with E-state index in [0.29, 0.717) is 5.69 Å². The fourth-order valence-corrected chi connectivity index (χ4v) is 5.59. The van der Waals surface area contributed by atoms with Gasteiger partial charge >= 0.3 is 0 Å². The van der Waals surface area contributed by atoms with Gasteiger partial charge in [0.25, 0.3) is 16.4 Å². The second-order valence-corrected chi connectivity index (χ2v) is 9.18. The van der Waals surface area contributed by atoms with Gasteiger partial charge in [0.2, 0.25) is 0 Å². The van der Waals surface area contributed by atoms with Crippen LogP contribution in [-0.4, -0.2) is 31.5 Å². The van der Waals surface area contributed by atoms with Crippen molar-refractivity contribution in [2.45, 2.75) is 30.2 Å². The van der Waals surface area contributed by atoms with Gasteiger partial charge in [-0.1, -0.05) is 29.8 Å². The van der Waals surface area contributed by atoms with Gasteiger partial charge in [0.05, 0.1) is 10.5 Å². The van der Waals surface area contributed by atoms with E-state index in [1.54, 1.807) is 24.3 Å². The number of hydrogen-bond donors (Lipinski definition) is 2. The number of rotatable bonds is 5. The number of aromatic nitrogens is 1. The molecule has 0 saturated carbocycles. The summed E-state index contributed by atoms with van der Waals surface area (Å²) in [6, 6.07) is 11.0. The van der Waals surface area contributed by atoms with Gasteiger partial charge in [-0.25, -0.2) is 21.2 Å². The summed E-state index contributed by atoms with van der Waals surface area (Å²) in [7, 11) is -4.15. The normalized spacial score (nSPS) is 15.9. The Bertz CT molecular complexity index is 1140. The largest absolute Gasteiger partial charge is 0.382 e. The van der Waals surface area contributed by atoms with Crippen LogP contribution in [0.1, 0.15) is 24.8 Å². The summed E-state index contributed by atoms with van der Waals surface area (Å²) in [6.45, 7) is 1.69. The van der Waals surface area contributed by atoms with Crippen molar-refractivity contribution in [3.63, 3.8) is 0 Å². The maximum Gasteiger partial charge on any atom is 0.269 e. The summed E-state index contributed by atoms with van der Waals surface area (Å²) in [6.07, 6.45) is -0.101. The van der Waals surface area contributed by atoms with Gasteiger partial charge in [-0.05, 0) is 50.2 Å². The van der Waals surface area contributed by atoms with Crippen LogP contribution >= 0.6 is 11.6 Å². The monoisotopic (exact) mass is 439 g/mol. The maximum atomic E-state index is 13.9. The third-order valence-electron chi connectivity index (χ3n) is 5.13. The highest BCUT2D eigenvalue weighted by Gasteiger charge is 2.27. The van der Waals surface area contributed by atoms with Crippen molar-refractivity contribution in [3.05, 3.63) is 59.2 Å². The van der Waals surface area contributed by atoms with Crippen molar-refractivity contribution in [1.29, 1.82) is 0 Å². The number of benzene rings is 2. The van der Waals surface area contributed by atoms with Crippen molar-refractivity contribution >= 4 is 38.2 Å². The SMILES string of the molecule is O=S(=O)(c1ccccc1Cl)n1cc(C(F)F)c2c(NC3CCNCC3)cccc21. The highest BCUT2D eigenvalue weighted by molar-refractivity contribution is 7.90. The zero-order chi connectivity index (χ0) is 20.6. The summed E-state index contributed by atoms with van der Waals surface area (Å²) in [4.78, 5) is -0.129. The van der Waals surface area contributed by atoms with Crippen LogP contribution in [0.4, 0.5) is 14.5 Å². The van der Waals surface area contributed by atoms with Gasteiger partial charge in [0.1, 0.15) is 4.90 Å². The van der Waals surface area contributed by atoms with Gasteiger partial charge in [-0.2, -0.15) is 0 Å². The van der Waals surface area contributed by atoms with Crippen LogP contribution in [0.25, 0.3) is 10.9 Å². The number of nitrogens with one attached hydrogen (secondary N) is 2. The zero-order valence-electron chi connectivity index (χ0n) is 15.4. The van der Waals surface area contributed by atoms with Crippen molar-refractivity contribution < 1.29 is 17.2 Å². The Labute approximate surface area is 172 Å². The number of fused-ring (bicyclic) bond motifs is 1. The molecule has 0 atom stereocenters. The average Bonchev–Trinajstić information content (AvgIpc) is 3.11. The van der Waals surface area contributed by atoms with Crippen molar-refractivity contribution in [2.75, 3.05) is 18.4 Å². The molecule has 0 unspecified atom stereocenters. The molecule has 1 aromatic heterocycles. The van der Waals surface area contributed by atoms with Gasteiger partial charge in [-0.15, -0.1) is 0 Å². The highest BCUT2D eigenvalue weighted by atomic mass is 35.5. The van der Waals surface area contributed by atoms with Gasteiger partial charge in [-0.3, -0.25) is 0 Å². The Morgan fingerprint density at radius 2 is 1.83 bits per heavy atom. The lowest BCUT2D eigenvalue weighted by Gasteiger charge is -2.25.